The highest BCUT2D eigenvalue weighted by atomic mass is 16.2. The number of H-pyrrole nitrogens is 1. The van der Waals surface area contributed by atoms with Gasteiger partial charge in [0.25, 0.3) is 11.5 Å². The summed E-state index contributed by atoms with van der Waals surface area (Å²) in [6.07, 6.45) is 1.42. The molecule has 0 aliphatic rings. The maximum absolute atomic E-state index is 13.0. The molecular weight excluding hydrogens is 406 g/mol. The first-order valence-electron chi connectivity index (χ1n) is 9.84. The second-order valence-corrected chi connectivity index (χ2v) is 7.10. The molecule has 0 spiro atoms. The second kappa shape index (κ2) is 7.88. The van der Waals surface area contributed by atoms with Crippen LogP contribution in [-0.2, 0) is 0 Å². The molecule has 0 radical (unpaired) electrons. The van der Waals surface area contributed by atoms with Crippen LogP contribution in [-0.4, -0.2) is 35.6 Å². The average molecular weight is 423 g/mol. The number of aromatic amines is 1. The number of aryl methyl sites for hydroxylation is 1. The van der Waals surface area contributed by atoms with E-state index in [1.807, 2.05) is 48.5 Å². The van der Waals surface area contributed by atoms with Crippen LogP contribution in [0.15, 0.2) is 77.7 Å². The maximum Gasteiger partial charge on any atom is 0.277 e. The third kappa shape index (κ3) is 3.74. The van der Waals surface area contributed by atoms with Crippen molar-refractivity contribution in [1.82, 2.24) is 29.7 Å². The predicted octanol–water partition coefficient (Wildman–Crippen LogP) is 3.13. The van der Waals surface area contributed by atoms with Crippen LogP contribution in [0.1, 0.15) is 16.2 Å². The number of anilines is 1. The highest BCUT2D eigenvalue weighted by Gasteiger charge is 2.17. The van der Waals surface area contributed by atoms with Gasteiger partial charge in [-0.25, -0.2) is 9.97 Å². The SMILES string of the molecule is Cc1cc(=O)[nH]c(-n2nc(-c3ccccc3)cc2NC(=O)c2cnc3ccccc3n2)n1. The number of nitrogens with zero attached hydrogens (tertiary/aromatic N) is 5. The molecule has 32 heavy (non-hydrogen) atoms. The van der Waals surface area contributed by atoms with E-state index in [4.69, 9.17) is 0 Å². The van der Waals surface area contributed by atoms with Crippen molar-refractivity contribution in [2.75, 3.05) is 5.32 Å². The van der Waals surface area contributed by atoms with Gasteiger partial charge in [0.15, 0.2) is 0 Å². The molecule has 0 bridgehead atoms. The zero-order valence-corrected chi connectivity index (χ0v) is 17.0. The predicted molar refractivity (Wildman–Crippen MR) is 120 cm³/mol. The normalized spacial score (nSPS) is 10.9. The second-order valence-electron chi connectivity index (χ2n) is 7.10. The fourth-order valence-electron chi connectivity index (χ4n) is 3.29. The molecular formula is C23H17N7O2. The molecule has 0 saturated carbocycles. The Morgan fingerprint density at radius 3 is 2.50 bits per heavy atom. The van der Waals surface area contributed by atoms with E-state index < -0.39 is 5.91 Å². The topological polar surface area (TPSA) is 118 Å². The van der Waals surface area contributed by atoms with Gasteiger partial charge in [-0.15, -0.1) is 0 Å². The van der Waals surface area contributed by atoms with Crippen molar-refractivity contribution in [1.29, 1.82) is 0 Å². The Labute approximate surface area is 181 Å². The Morgan fingerprint density at radius 1 is 0.969 bits per heavy atom. The van der Waals surface area contributed by atoms with Crippen LogP contribution in [0.5, 0.6) is 0 Å². The molecule has 0 aliphatic heterocycles. The summed E-state index contributed by atoms with van der Waals surface area (Å²) in [7, 11) is 0. The summed E-state index contributed by atoms with van der Waals surface area (Å²) in [6, 6.07) is 19.9. The number of aromatic nitrogens is 6. The maximum atomic E-state index is 13.0. The molecule has 5 rings (SSSR count). The fraction of sp³-hybridized carbons (Fsp3) is 0.0435. The molecule has 0 aliphatic carbocycles. The number of benzene rings is 2. The van der Waals surface area contributed by atoms with Gasteiger partial charge in [0, 0.05) is 23.4 Å². The first-order valence-corrected chi connectivity index (χ1v) is 9.84. The summed E-state index contributed by atoms with van der Waals surface area (Å²) >= 11 is 0. The standard InChI is InChI=1S/C23H17N7O2/c1-14-11-21(31)28-23(25-14)30-20(12-18(29-30)15-7-3-2-4-8-15)27-22(32)19-13-24-16-9-5-6-10-17(16)26-19/h2-13H,1H3,(H,27,32)(H,25,28,31). The first-order chi connectivity index (χ1) is 15.6. The van der Waals surface area contributed by atoms with Gasteiger partial charge < -0.3 is 5.32 Å². The van der Waals surface area contributed by atoms with Crippen molar-refractivity contribution in [3.63, 3.8) is 0 Å². The number of rotatable bonds is 4. The molecule has 3 heterocycles. The van der Waals surface area contributed by atoms with Gasteiger partial charge in [-0.05, 0) is 19.1 Å². The number of hydrogen-bond acceptors (Lipinski definition) is 6. The van der Waals surface area contributed by atoms with E-state index in [2.05, 4.69) is 30.4 Å². The van der Waals surface area contributed by atoms with Crippen molar-refractivity contribution in [3.05, 3.63) is 94.7 Å². The molecule has 9 heteroatoms. The van der Waals surface area contributed by atoms with Crippen LogP contribution >= 0.6 is 0 Å². The van der Waals surface area contributed by atoms with E-state index in [0.717, 1.165) is 5.56 Å². The number of amides is 1. The van der Waals surface area contributed by atoms with E-state index in [0.29, 0.717) is 28.2 Å². The van der Waals surface area contributed by atoms with Gasteiger partial charge in [-0.1, -0.05) is 42.5 Å². The quantitative estimate of drug-likeness (QED) is 0.458. The van der Waals surface area contributed by atoms with Gasteiger partial charge >= 0.3 is 0 Å². The summed E-state index contributed by atoms with van der Waals surface area (Å²) in [4.78, 5) is 40.7. The van der Waals surface area contributed by atoms with E-state index in [1.165, 1.54) is 16.9 Å². The average Bonchev–Trinajstić information content (AvgIpc) is 3.22. The van der Waals surface area contributed by atoms with Crippen molar-refractivity contribution in [3.8, 4) is 17.2 Å². The number of hydrogen-bond donors (Lipinski definition) is 2. The number of carbonyl (C=O) groups is 1. The Balaban J connectivity index is 1.57. The molecule has 0 atom stereocenters. The molecule has 156 valence electrons. The minimum absolute atomic E-state index is 0.156. The third-order valence-corrected chi connectivity index (χ3v) is 4.76. The highest BCUT2D eigenvalue weighted by molar-refractivity contribution is 6.03. The summed E-state index contributed by atoms with van der Waals surface area (Å²) < 4.78 is 1.39. The molecule has 5 aromatic rings. The zero-order chi connectivity index (χ0) is 22.1. The molecule has 3 aromatic heterocycles. The van der Waals surface area contributed by atoms with Gasteiger partial charge in [-0.2, -0.15) is 9.78 Å². The number of carbonyl (C=O) groups excluding carboxylic acids is 1. The first kappa shape index (κ1) is 19.3. The highest BCUT2D eigenvalue weighted by Crippen LogP contribution is 2.24. The largest absolute Gasteiger partial charge is 0.305 e. The Morgan fingerprint density at radius 2 is 1.72 bits per heavy atom. The molecule has 0 fully saturated rings. The van der Waals surface area contributed by atoms with Crippen LogP contribution in [0.3, 0.4) is 0 Å². The van der Waals surface area contributed by atoms with Crippen molar-refractivity contribution in [2.24, 2.45) is 0 Å². The Kier molecular flexibility index (Phi) is 4.75. The zero-order valence-electron chi connectivity index (χ0n) is 17.0. The minimum Gasteiger partial charge on any atom is -0.305 e. The van der Waals surface area contributed by atoms with Gasteiger partial charge in [0.1, 0.15) is 11.5 Å². The molecule has 0 unspecified atom stereocenters. The molecule has 9 nitrogen and oxygen atoms in total. The van der Waals surface area contributed by atoms with E-state index >= 15 is 0 Å². The van der Waals surface area contributed by atoms with Crippen LogP contribution in [0, 0.1) is 6.92 Å². The number of fused-ring (bicyclic) bond motifs is 1. The molecule has 2 N–H and O–H groups in total. The Bertz CT molecular complexity index is 1510. The van der Waals surface area contributed by atoms with Gasteiger partial charge in [0.05, 0.1) is 22.9 Å². The molecule has 1 amide bonds. The third-order valence-electron chi connectivity index (χ3n) is 4.76. The van der Waals surface area contributed by atoms with Crippen LogP contribution in [0.4, 0.5) is 5.82 Å². The summed E-state index contributed by atoms with van der Waals surface area (Å²) in [5, 5.41) is 7.38. The van der Waals surface area contributed by atoms with Gasteiger partial charge in [0.2, 0.25) is 5.95 Å². The van der Waals surface area contributed by atoms with Crippen molar-refractivity contribution >= 4 is 22.8 Å². The number of para-hydroxylation sites is 2. The van der Waals surface area contributed by atoms with Crippen LogP contribution in [0.2, 0.25) is 0 Å². The summed E-state index contributed by atoms with van der Waals surface area (Å²) in [5.74, 6) is 0.0636. The van der Waals surface area contributed by atoms with E-state index in [1.54, 1.807) is 19.1 Å². The molecule has 2 aromatic carbocycles. The monoisotopic (exact) mass is 423 g/mol. The summed E-state index contributed by atoms with van der Waals surface area (Å²) in [6.45, 7) is 1.71. The number of nitrogens with one attached hydrogen (secondary N) is 2. The van der Waals surface area contributed by atoms with Crippen molar-refractivity contribution < 1.29 is 4.79 Å². The smallest absolute Gasteiger partial charge is 0.277 e. The minimum atomic E-state index is -0.459. The fourth-order valence-corrected chi connectivity index (χ4v) is 3.29. The van der Waals surface area contributed by atoms with E-state index in [-0.39, 0.29) is 17.2 Å². The Hall–Kier alpha value is -4.66. The van der Waals surface area contributed by atoms with Crippen LogP contribution < -0.4 is 10.9 Å². The lowest BCUT2D eigenvalue weighted by molar-refractivity contribution is 0.102. The molecule has 0 saturated heterocycles. The van der Waals surface area contributed by atoms with Crippen LogP contribution in [0.25, 0.3) is 28.2 Å². The van der Waals surface area contributed by atoms with Gasteiger partial charge in [-0.3, -0.25) is 19.6 Å². The summed E-state index contributed by atoms with van der Waals surface area (Å²) in [5.41, 5.74) is 3.13. The lowest BCUT2D eigenvalue weighted by Crippen LogP contribution is -2.19. The van der Waals surface area contributed by atoms with E-state index in [9.17, 15) is 9.59 Å². The van der Waals surface area contributed by atoms with Crippen molar-refractivity contribution in [2.45, 2.75) is 6.92 Å². The lowest BCUT2D eigenvalue weighted by atomic mass is 10.1. The lowest BCUT2D eigenvalue weighted by Gasteiger charge is -2.08.